The van der Waals surface area contributed by atoms with Crippen LogP contribution in [0.15, 0.2) is 0 Å². The van der Waals surface area contributed by atoms with E-state index in [0.717, 1.165) is 24.2 Å². The van der Waals surface area contributed by atoms with Gasteiger partial charge in [0.25, 0.3) is 0 Å². The van der Waals surface area contributed by atoms with Gasteiger partial charge < -0.3 is 9.47 Å². The van der Waals surface area contributed by atoms with Crippen molar-refractivity contribution in [3.8, 4) is 0 Å². The van der Waals surface area contributed by atoms with Gasteiger partial charge in [0.2, 0.25) is 0 Å². The molecule has 0 amide bonds. The van der Waals surface area contributed by atoms with E-state index in [1.165, 1.54) is 32.8 Å². The van der Waals surface area contributed by atoms with Crippen molar-refractivity contribution < 1.29 is 14.3 Å². The Bertz CT molecular complexity index is 228. The number of hydrogen-bond donors (Lipinski definition) is 0. The van der Waals surface area contributed by atoms with Crippen molar-refractivity contribution in [2.24, 2.45) is 17.8 Å². The van der Waals surface area contributed by atoms with Gasteiger partial charge in [-0.2, -0.15) is 0 Å². The summed E-state index contributed by atoms with van der Waals surface area (Å²) in [6.45, 7) is 4.61. The van der Waals surface area contributed by atoms with Crippen LogP contribution in [0.25, 0.3) is 0 Å². The Hall–Kier alpha value is -0.570. The van der Waals surface area contributed by atoms with Gasteiger partial charge in [-0.15, -0.1) is 0 Å². The molecule has 1 aliphatic rings. The van der Waals surface area contributed by atoms with Gasteiger partial charge in [0.1, 0.15) is 0 Å². The summed E-state index contributed by atoms with van der Waals surface area (Å²) in [7, 11) is 1.53. The molecule has 0 bridgehead atoms. The van der Waals surface area contributed by atoms with E-state index in [2.05, 4.69) is 13.8 Å². The highest BCUT2D eigenvalue weighted by molar-refractivity contribution is 5.69. The highest BCUT2D eigenvalue weighted by Gasteiger charge is 2.32. The number of carbonyl (C=O) groups excluding carboxylic acids is 1. The molecule has 1 aliphatic carbocycles. The first kappa shape index (κ1) is 14.5. The molecule has 0 aromatic carbocycles. The standard InChI is InChI=1S/C14H26O3/c1-4-11-8-12(5-2)13(9-11)6-7-14(15)17-10-16-3/h11-13H,4-10H2,1-3H3. The minimum absolute atomic E-state index is 0.0816. The number of carbonyl (C=O) groups is 1. The molecule has 0 spiro atoms. The van der Waals surface area contributed by atoms with Crippen molar-refractivity contribution in [1.29, 1.82) is 0 Å². The summed E-state index contributed by atoms with van der Waals surface area (Å²) in [5.41, 5.74) is 0. The predicted octanol–water partition coefficient (Wildman–Crippen LogP) is 3.38. The first-order valence-corrected chi connectivity index (χ1v) is 6.85. The van der Waals surface area contributed by atoms with E-state index in [1.54, 1.807) is 0 Å². The molecule has 3 unspecified atom stereocenters. The lowest BCUT2D eigenvalue weighted by molar-refractivity contribution is -0.154. The topological polar surface area (TPSA) is 35.5 Å². The van der Waals surface area contributed by atoms with Crippen molar-refractivity contribution >= 4 is 5.97 Å². The molecule has 1 fully saturated rings. The Labute approximate surface area is 105 Å². The molecular weight excluding hydrogens is 216 g/mol. The minimum atomic E-state index is -0.123. The highest BCUT2D eigenvalue weighted by Crippen LogP contribution is 2.42. The molecule has 3 heteroatoms. The molecule has 0 heterocycles. The van der Waals surface area contributed by atoms with Crippen molar-refractivity contribution in [2.45, 2.75) is 52.4 Å². The van der Waals surface area contributed by atoms with Crippen LogP contribution in [-0.2, 0) is 14.3 Å². The van der Waals surface area contributed by atoms with Crippen LogP contribution in [0.1, 0.15) is 52.4 Å². The monoisotopic (exact) mass is 242 g/mol. The van der Waals surface area contributed by atoms with Gasteiger partial charge in [0.05, 0.1) is 0 Å². The molecule has 0 saturated heterocycles. The number of hydrogen-bond acceptors (Lipinski definition) is 3. The summed E-state index contributed by atoms with van der Waals surface area (Å²) in [6.07, 6.45) is 6.70. The summed E-state index contributed by atoms with van der Waals surface area (Å²) in [4.78, 5) is 11.4. The zero-order valence-corrected chi connectivity index (χ0v) is 11.4. The number of esters is 1. The van der Waals surface area contributed by atoms with Crippen LogP contribution in [-0.4, -0.2) is 19.9 Å². The van der Waals surface area contributed by atoms with Crippen molar-refractivity contribution in [1.82, 2.24) is 0 Å². The van der Waals surface area contributed by atoms with E-state index in [0.29, 0.717) is 6.42 Å². The third kappa shape index (κ3) is 4.66. The Kier molecular flexibility index (Phi) is 6.56. The Morgan fingerprint density at radius 3 is 2.47 bits per heavy atom. The molecule has 17 heavy (non-hydrogen) atoms. The van der Waals surface area contributed by atoms with E-state index >= 15 is 0 Å². The zero-order valence-electron chi connectivity index (χ0n) is 11.4. The third-order valence-electron chi connectivity index (χ3n) is 4.10. The van der Waals surface area contributed by atoms with E-state index < -0.39 is 0 Å². The fourth-order valence-electron chi connectivity index (χ4n) is 3.02. The third-order valence-corrected chi connectivity index (χ3v) is 4.10. The second-order valence-electron chi connectivity index (χ2n) is 5.14. The second-order valence-corrected chi connectivity index (χ2v) is 5.14. The van der Waals surface area contributed by atoms with Crippen molar-refractivity contribution in [2.75, 3.05) is 13.9 Å². The van der Waals surface area contributed by atoms with Crippen LogP contribution in [0.4, 0.5) is 0 Å². The van der Waals surface area contributed by atoms with Gasteiger partial charge in [-0.3, -0.25) is 4.79 Å². The van der Waals surface area contributed by atoms with Crippen LogP contribution in [0.2, 0.25) is 0 Å². The molecule has 1 saturated carbocycles. The molecule has 0 radical (unpaired) electrons. The van der Waals surface area contributed by atoms with Gasteiger partial charge in [-0.1, -0.05) is 26.7 Å². The Morgan fingerprint density at radius 2 is 1.88 bits per heavy atom. The van der Waals surface area contributed by atoms with Gasteiger partial charge in [0.15, 0.2) is 6.79 Å². The first-order chi connectivity index (χ1) is 8.21. The molecule has 0 aromatic heterocycles. The summed E-state index contributed by atoms with van der Waals surface area (Å²) < 4.78 is 9.63. The highest BCUT2D eigenvalue weighted by atomic mass is 16.7. The predicted molar refractivity (Wildman–Crippen MR) is 67.5 cm³/mol. The normalized spacial score (nSPS) is 28.3. The molecular formula is C14H26O3. The molecule has 3 atom stereocenters. The Morgan fingerprint density at radius 1 is 1.18 bits per heavy atom. The molecule has 0 aromatic rings. The summed E-state index contributed by atoms with van der Waals surface area (Å²) in [5, 5.41) is 0. The van der Waals surface area contributed by atoms with Crippen molar-refractivity contribution in [3.05, 3.63) is 0 Å². The van der Waals surface area contributed by atoms with E-state index in [-0.39, 0.29) is 12.8 Å². The molecule has 1 rings (SSSR count). The first-order valence-electron chi connectivity index (χ1n) is 6.85. The lowest BCUT2D eigenvalue weighted by atomic mass is 9.90. The van der Waals surface area contributed by atoms with Crippen LogP contribution < -0.4 is 0 Å². The van der Waals surface area contributed by atoms with Crippen molar-refractivity contribution in [3.63, 3.8) is 0 Å². The van der Waals surface area contributed by atoms with Crippen LogP contribution >= 0.6 is 0 Å². The number of methoxy groups -OCH3 is 1. The largest absolute Gasteiger partial charge is 0.438 e. The molecule has 100 valence electrons. The van der Waals surface area contributed by atoms with Gasteiger partial charge in [-0.05, 0) is 37.0 Å². The molecule has 0 N–H and O–H groups in total. The Balaban J connectivity index is 2.27. The second kappa shape index (κ2) is 7.70. The summed E-state index contributed by atoms with van der Waals surface area (Å²) >= 11 is 0. The minimum Gasteiger partial charge on any atom is -0.438 e. The fourth-order valence-corrected chi connectivity index (χ4v) is 3.02. The number of ether oxygens (including phenoxy) is 2. The van der Waals surface area contributed by atoms with Gasteiger partial charge >= 0.3 is 5.97 Å². The van der Waals surface area contributed by atoms with E-state index in [9.17, 15) is 4.79 Å². The quantitative estimate of drug-likeness (QED) is 0.507. The lowest BCUT2D eigenvalue weighted by Gasteiger charge is -2.16. The average Bonchev–Trinajstić information content (AvgIpc) is 2.76. The van der Waals surface area contributed by atoms with Crippen LogP contribution in [0.5, 0.6) is 0 Å². The van der Waals surface area contributed by atoms with Gasteiger partial charge in [0, 0.05) is 13.5 Å². The average molecular weight is 242 g/mol. The lowest BCUT2D eigenvalue weighted by Crippen LogP contribution is -2.12. The van der Waals surface area contributed by atoms with E-state index in [4.69, 9.17) is 9.47 Å². The molecule has 0 aliphatic heterocycles. The maximum Gasteiger partial charge on any atom is 0.307 e. The van der Waals surface area contributed by atoms with Gasteiger partial charge in [-0.25, -0.2) is 0 Å². The summed E-state index contributed by atoms with van der Waals surface area (Å²) in [6, 6.07) is 0. The van der Waals surface area contributed by atoms with Crippen LogP contribution in [0.3, 0.4) is 0 Å². The summed E-state index contributed by atoms with van der Waals surface area (Å²) in [5.74, 6) is 2.29. The maximum absolute atomic E-state index is 11.4. The fraction of sp³-hybridized carbons (Fsp3) is 0.929. The number of rotatable bonds is 7. The van der Waals surface area contributed by atoms with E-state index in [1.807, 2.05) is 0 Å². The maximum atomic E-state index is 11.4. The van der Waals surface area contributed by atoms with Crippen LogP contribution in [0, 0.1) is 17.8 Å². The smallest absolute Gasteiger partial charge is 0.307 e. The SMILES string of the molecule is CCC1CC(CC)C(CCC(=O)OCOC)C1. The zero-order chi connectivity index (χ0) is 12.7. The molecule has 3 nitrogen and oxygen atoms in total.